The van der Waals surface area contributed by atoms with Gasteiger partial charge in [0.15, 0.2) is 5.82 Å². The highest BCUT2D eigenvalue weighted by Crippen LogP contribution is 2.23. The molecule has 40 heavy (non-hydrogen) atoms. The van der Waals surface area contributed by atoms with Gasteiger partial charge in [0.05, 0.1) is 16.7 Å². The van der Waals surface area contributed by atoms with Crippen LogP contribution in [0.3, 0.4) is 0 Å². The van der Waals surface area contributed by atoms with Crippen molar-refractivity contribution < 1.29 is 18.3 Å². The minimum Gasteiger partial charge on any atom is -0.442 e. The fourth-order valence-electron chi connectivity index (χ4n) is 3.08. The Labute approximate surface area is 234 Å². The van der Waals surface area contributed by atoms with Crippen molar-refractivity contribution in [3.8, 4) is 36.0 Å². The van der Waals surface area contributed by atoms with E-state index in [9.17, 15) is 13.6 Å². The average Bonchev–Trinajstić information content (AvgIpc) is 3.39. The lowest BCUT2D eigenvalue weighted by Crippen LogP contribution is -2.27. The van der Waals surface area contributed by atoms with Gasteiger partial charge in [-0.05, 0) is 103 Å². The molecule has 0 fully saturated rings. The van der Waals surface area contributed by atoms with Gasteiger partial charge >= 0.3 is 6.09 Å². The van der Waals surface area contributed by atoms with Crippen molar-refractivity contribution in [2.45, 2.75) is 67.9 Å². The van der Waals surface area contributed by atoms with Crippen LogP contribution in [-0.2, 0) is 4.74 Å². The number of nitrogen functional groups attached to an aromatic ring is 1. The van der Waals surface area contributed by atoms with Gasteiger partial charge in [0.25, 0.3) is 0 Å². The number of nitrogens with two attached hydrogens (primary N) is 1. The van der Waals surface area contributed by atoms with E-state index in [1.165, 1.54) is 12.1 Å². The number of benzene rings is 2. The molecular formula is C31H35F2N5O2. The van der Waals surface area contributed by atoms with Gasteiger partial charge in [-0.3, -0.25) is 5.10 Å². The standard InChI is InChI=1S/C14H17FN2O2.C8H8FN3.C5H4.C4H6/c1-8-6-10-9(2)16-17(12(10)7-11(8)15)13(18)19-14(3,4)5;1-4-2-5-7(3-6(4)9)11-12-8(5)10;1-3-5-4-2;1-3-4-2/h6-7H,1-5H3;2-3H,1H3,(H3,10,11,12);1H,2H3;1-2H3. The highest BCUT2D eigenvalue weighted by atomic mass is 19.1. The second-order valence-corrected chi connectivity index (χ2v) is 9.37. The van der Waals surface area contributed by atoms with Crippen LogP contribution in [0.4, 0.5) is 19.4 Å². The second-order valence-electron chi connectivity index (χ2n) is 9.37. The van der Waals surface area contributed by atoms with Crippen molar-refractivity contribution in [2.75, 3.05) is 5.73 Å². The number of terminal acetylenes is 1. The largest absolute Gasteiger partial charge is 0.442 e. The molecule has 0 amide bonds. The Morgan fingerprint density at radius 3 is 2.00 bits per heavy atom. The first-order chi connectivity index (χ1) is 18.7. The number of aromatic amines is 1. The summed E-state index contributed by atoms with van der Waals surface area (Å²) in [4.78, 5) is 12.0. The van der Waals surface area contributed by atoms with E-state index >= 15 is 0 Å². The van der Waals surface area contributed by atoms with E-state index in [0.717, 1.165) is 15.5 Å². The van der Waals surface area contributed by atoms with Crippen molar-refractivity contribution in [2.24, 2.45) is 0 Å². The lowest BCUT2D eigenvalue weighted by molar-refractivity contribution is 0.0522. The molecule has 2 aromatic carbocycles. The topological polar surface area (TPSA) is 98.8 Å². The number of nitrogens with zero attached hydrogens (tertiary/aromatic N) is 3. The maximum Gasteiger partial charge on any atom is 0.435 e. The number of carbonyl (C=O) groups is 1. The van der Waals surface area contributed by atoms with E-state index in [0.29, 0.717) is 33.7 Å². The summed E-state index contributed by atoms with van der Waals surface area (Å²) in [6.07, 6.45) is 4.11. The first kappa shape index (κ1) is 33.2. The first-order valence-electron chi connectivity index (χ1n) is 12.2. The van der Waals surface area contributed by atoms with Crippen LogP contribution in [0.2, 0.25) is 0 Å². The zero-order chi connectivity index (χ0) is 30.6. The summed E-state index contributed by atoms with van der Waals surface area (Å²) in [6, 6.07) is 6.08. The zero-order valence-electron chi connectivity index (χ0n) is 24.4. The molecule has 7 nitrogen and oxygen atoms in total. The third-order valence-corrected chi connectivity index (χ3v) is 5.03. The van der Waals surface area contributed by atoms with Gasteiger partial charge in [-0.25, -0.2) is 13.6 Å². The molecule has 4 aromatic rings. The van der Waals surface area contributed by atoms with Crippen LogP contribution in [0.15, 0.2) is 24.3 Å². The van der Waals surface area contributed by atoms with Gasteiger partial charge in [-0.2, -0.15) is 14.9 Å². The number of ether oxygens (including phenoxy) is 1. The number of halogens is 2. The summed E-state index contributed by atoms with van der Waals surface area (Å²) < 4.78 is 33.0. The molecule has 2 heterocycles. The van der Waals surface area contributed by atoms with Crippen LogP contribution in [0.5, 0.6) is 0 Å². The molecule has 0 unspecified atom stereocenters. The highest BCUT2D eigenvalue weighted by molar-refractivity contribution is 5.90. The average molecular weight is 548 g/mol. The van der Waals surface area contributed by atoms with E-state index in [-0.39, 0.29) is 11.6 Å². The molecule has 4 rings (SSSR count). The Morgan fingerprint density at radius 1 is 0.975 bits per heavy atom. The van der Waals surface area contributed by atoms with E-state index in [2.05, 4.69) is 44.9 Å². The molecule has 0 aliphatic carbocycles. The van der Waals surface area contributed by atoms with Crippen molar-refractivity contribution >= 4 is 33.7 Å². The molecule has 3 N–H and O–H groups in total. The smallest absolute Gasteiger partial charge is 0.435 e. The Hall–Kier alpha value is -4.81. The van der Waals surface area contributed by atoms with Gasteiger partial charge in [0.1, 0.15) is 17.2 Å². The Balaban J connectivity index is 0.000000323. The molecule has 9 heteroatoms. The predicted octanol–water partition coefficient (Wildman–Crippen LogP) is 6.84. The summed E-state index contributed by atoms with van der Waals surface area (Å²) in [7, 11) is 0. The number of anilines is 1. The van der Waals surface area contributed by atoms with Crippen LogP contribution in [0, 0.1) is 68.4 Å². The van der Waals surface area contributed by atoms with E-state index in [1.54, 1.807) is 60.6 Å². The molecule has 0 aliphatic heterocycles. The quantitative estimate of drug-likeness (QED) is 0.235. The Bertz CT molecular complexity index is 1640. The molecule has 0 bridgehead atoms. The van der Waals surface area contributed by atoms with Crippen molar-refractivity contribution in [3.63, 3.8) is 0 Å². The summed E-state index contributed by atoms with van der Waals surface area (Å²) in [5.41, 5.74) is 7.75. The number of aryl methyl sites for hydroxylation is 3. The van der Waals surface area contributed by atoms with Crippen LogP contribution in [0.25, 0.3) is 21.8 Å². The Morgan fingerprint density at radius 2 is 1.52 bits per heavy atom. The lowest BCUT2D eigenvalue weighted by Gasteiger charge is -2.19. The Kier molecular flexibility index (Phi) is 12.4. The van der Waals surface area contributed by atoms with Crippen molar-refractivity contribution in [1.29, 1.82) is 0 Å². The lowest BCUT2D eigenvalue weighted by atomic mass is 10.1. The number of aromatic nitrogens is 4. The maximum absolute atomic E-state index is 13.6. The van der Waals surface area contributed by atoms with E-state index in [4.69, 9.17) is 16.9 Å². The number of hydrogen-bond acceptors (Lipinski definition) is 5. The fraction of sp³-hybridized carbons (Fsp3) is 0.323. The molecule has 0 saturated heterocycles. The molecule has 0 aliphatic rings. The molecule has 0 atom stereocenters. The minimum absolute atomic E-state index is 0.244. The number of hydrogen-bond donors (Lipinski definition) is 2. The maximum atomic E-state index is 13.6. The summed E-state index contributed by atoms with van der Waals surface area (Å²) in [5.74, 6) is 12.2. The third-order valence-electron chi connectivity index (χ3n) is 5.03. The van der Waals surface area contributed by atoms with Crippen molar-refractivity contribution in [1.82, 2.24) is 20.0 Å². The highest BCUT2D eigenvalue weighted by Gasteiger charge is 2.21. The normalized spacial score (nSPS) is 9.65. The number of rotatable bonds is 0. The third kappa shape index (κ3) is 9.49. The monoisotopic (exact) mass is 547 g/mol. The molecule has 0 spiro atoms. The summed E-state index contributed by atoms with van der Waals surface area (Å²) in [6.45, 7) is 15.8. The molecule has 210 valence electrons. The van der Waals surface area contributed by atoms with Crippen LogP contribution >= 0.6 is 0 Å². The number of H-pyrrole nitrogens is 1. The van der Waals surface area contributed by atoms with E-state index in [1.807, 2.05) is 13.8 Å². The van der Waals surface area contributed by atoms with Crippen LogP contribution in [-0.4, -0.2) is 31.7 Å². The number of carbonyl (C=O) groups excluding carboxylic acids is 1. The first-order valence-corrected chi connectivity index (χ1v) is 12.2. The second kappa shape index (κ2) is 15.0. The summed E-state index contributed by atoms with van der Waals surface area (Å²) >= 11 is 0. The van der Waals surface area contributed by atoms with Crippen LogP contribution < -0.4 is 5.73 Å². The zero-order valence-corrected chi connectivity index (χ0v) is 24.4. The number of fused-ring (bicyclic) bond motifs is 2. The minimum atomic E-state index is -0.619. The van der Waals surface area contributed by atoms with Gasteiger partial charge < -0.3 is 10.5 Å². The van der Waals surface area contributed by atoms with Gasteiger partial charge in [-0.15, -0.1) is 18.3 Å². The predicted molar refractivity (Wildman–Crippen MR) is 157 cm³/mol. The molecule has 0 radical (unpaired) electrons. The van der Waals surface area contributed by atoms with Crippen molar-refractivity contribution in [3.05, 3.63) is 52.7 Å². The molecule has 0 saturated carbocycles. The van der Waals surface area contributed by atoms with Crippen LogP contribution in [0.1, 0.15) is 58.4 Å². The SMILES string of the molecule is C#CC#CC.CC#CC.Cc1cc2c(C)nn(C(=O)OC(C)(C)C)c2cc1F.Cc1cc2c(N)n[nH]c2cc1F. The molecule has 2 aromatic heterocycles. The fourth-order valence-corrected chi connectivity index (χ4v) is 3.08. The van der Waals surface area contributed by atoms with E-state index < -0.39 is 11.7 Å². The van der Waals surface area contributed by atoms with Gasteiger partial charge in [-0.1, -0.05) is 5.92 Å². The molecular weight excluding hydrogens is 512 g/mol. The van der Waals surface area contributed by atoms with Gasteiger partial charge in [0, 0.05) is 16.8 Å². The number of nitrogens with one attached hydrogen (secondary N) is 1. The summed E-state index contributed by atoms with van der Waals surface area (Å²) in [5, 5.41) is 12.1. The van der Waals surface area contributed by atoms with Gasteiger partial charge in [0.2, 0.25) is 0 Å².